The van der Waals surface area contributed by atoms with Crippen molar-refractivity contribution in [3.63, 3.8) is 0 Å². The van der Waals surface area contributed by atoms with Crippen LogP contribution in [0.15, 0.2) is 46.9 Å². The summed E-state index contributed by atoms with van der Waals surface area (Å²) in [5.41, 5.74) is 1.71. The Hall–Kier alpha value is -3.70. The summed E-state index contributed by atoms with van der Waals surface area (Å²) in [6, 6.07) is 11.2. The molecule has 1 saturated carbocycles. The Labute approximate surface area is 206 Å². The quantitative estimate of drug-likeness (QED) is 0.272. The topological polar surface area (TPSA) is 168 Å². The Morgan fingerprint density at radius 1 is 1.08 bits per heavy atom. The molecule has 1 aliphatic heterocycles. The zero-order valence-corrected chi connectivity index (χ0v) is 19.9. The lowest BCUT2D eigenvalue weighted by Crippen LogP contribution is -2.28. The van der Waals surface area contributed by atoms with Gasteiger partial charge in [0.15, 0.2) is 16.6 Å². The lowest BCUT2D eigenvalue weighted by Gasteiger charge is -2.09. The summed E-state index contributed by atoms with van der Waals surface area (Å²) in [5.74, 6) is -1.09. The Kier molecular flexibility index (Phi) is 5.16. The first kappa shape index (κ1) is 22.7. The highest BCUT2D eigenvalue weighted by Crippen LogP contribution is 2.48. The lowest BCUT2D eigenvalue weighted by atomic mass is 10.00. The second-order valence-corrected chi connectivity index (χ2v) is 10.9. The molecule has 2 aromatic heterocycles. The minimum Gasteiger partial charge on any atom is -0.476 e. The average Bonchev–Trinajstić information content (AvgIpc) is 3.21. The van der Waals surface area contributed by atoms with Crippen LogP contribution >= 0.6 is 18.9 Å². The van der Waals surface area contributed by atoms with Gasteiger partial charge in [-0.15, -0.1) is 0 Å². The molecule has 11 nitrogen and oxygen atoms in total. The number of nitrogens with one attached hydrogen (secondary N) is 1. The van der Waals surface area contributed by atoms with E-state index in [1.54, 1.807) is 18.2 Å². The van der Waals surface area contributed by atoms with Gasteiger partial charge in [0.05, 0.1) is 15.8 Å². The fraction of sp³-hybridized carbons (Fsp3) is 0.174. The number of rotatable bonds is 6. The molecule has 1 aliphatic carbocycles. The number of fused-ring (bicyclic) bond motifs is 2. The summed E-state index contributed by atoms with van der Waals surface area (Å²) < 4.78 is 28.8. The first-order valence-electron chi connectivity index (χ1n) is 10.8. The van der Waals surface area contributed by atoms with Crippen molar-refractivity contribution in [2.24, 2.45) is 5.92 Å². The third kappa shape index (κ3) is 4.03. The number of furan rings is 1. The van der Waals surface area contributed by atoms with Crippen molar-refractivity contribution in [1.82, 2.24) is 4.98 Å². The number of carbonyl (C=O) groups excluding carboxylic acids is 1. The molecule has 6 rings (SSSR count). The van der Waals surface area contributed by atoms with Gasteiger partial charge in [0.25, 0.3) is 0 Å². The van der Waals surface area contributed by atoms with Gasteiger partial charge in [0, 0.05) is 11.5 Å². The Morgan fingerprint density at radius 3 is 2.58 bits per heavy atom. The first-order chi connectivity index (χ1) is 17.2. The molecule has 0 saturated heterocycles. The fourth-order valence-corrected chi connectivity index (χ4v) is 5.40. The maximum Gasteiger partial charge on any atom is 0.391 e. The van der Waals surface area contributed by atoms with E-state index in [4.69, 9.17) is 13.9 Å². The van der Waals surface area contributed by atoms with E-state index in [0.29, 0.717) is 16.2 Å². The third-order valence-corrected chi connectivity index (χ3v) is 7.60. The highest BCUT2D eigenvalue weighted by atomic mass is 32.1. The van der Waals surface area contributed by atoms with Crippen molar-refractivity contribution in [2.75, 3.05) is 5.32 Å². The van der Waals surface area contributed by atoms with Gasteiger partial charge in [-0.2, -0.15) is 0 Å². The van der Waals surface area contributed by atoms with Gasteiger partial charge >= 0.3 is 19.9 Å². The molecule has 4 N–H and O–H groups in total. The molecule has 1 unspecified atom stereocenters. The van der Waals surface area contributed by atoms with Gasteiger partial charge < -0.3 is 34.1 Å². The van der Waals surface area contributed by atoms with Crippen LogP contribution in [0, 0.1) is 5.92 Å². The summed E-state index contributed by atoms with van der Waals surface area (Å²) in [5, 5.41) is 12.7. The number of hydrogen-bond acceptors (Lipinski definition) is 8. The lowest BCUT2D eigenvalue weighted by molar-refractivity contribution is -0.154. The van der Waals surface area contributed by atoms with E-state index in [1.807, 2.05) is 12.1 Å². The minimum atomic E-state index is -4.65. The summed E-state index contributed by atoms with van der Waals surface area (Å²) in [6.07, 6.45) is 0.152. The molecular weight excluding hydrogens is 511 g/mol. The molecular formula is C23H17N2O9PS. The molecule has 2 aromatic carbocycles. The standard InChI is InChI=1S/C23H17N2O9PS/c26-20(10-4-5-10)25-23-24-14-3-1-2-12(19(14)36-23)11-8-13(15-6-7-17(32-15)35(29,30)31)18-16(9-11)33-22(34-18)21(27)28/h1-3,6-10,22H,4-5H2,(H,27,28)(H,24,25,26)(H2,29,30,31). The molecule has 1 atom stereocenters. The van der Waals surface area contributed by atoms with Gasteiger partial charge in [-0.3, -0.25) is 9.36 Å². The van der Waals surface area contributed by atoms with E-state index in [-0.39, 0.29) is 34.6 Å². The summed E-state index contributed by atoms with van der Waals surface area (Å²) in [6.45, 7) is 0. The minimum absolute atomic E-state index is 0.0291. The van der Waals surface area contributed by atoms with Gasteiger partial charge in [-0.25, -0.2) is 9.78 Å². The van der Waals surface area contributed by atoms with Crippen LogP contribution in [0.5, 0.6) is 11.5 Å². The third-order valence-electron chi connectivity index (χ3n) is 5.76. The second kappa shape index (κ2) is 8.17. The second-order valence-electron chi connectivity index (χ2n) is 8.38. The number of nitrogens with zero attached hydrogens (tertiary/aromatic N) is 1. The van der Waals surface area contributed by atoms with Crippen molar-refractivity contribution < 1.29 is 42.9 Å². The number of benzene rings is 2. The first-order valence-corrected chi connectivity index (χ1v) is 13.2. The molecule has 184 valence electrons. The number of amides is 1. The fourth-order valence-electron chi connectivity index (χ4n) is 3.91. The van der Waals surface area contributed by atoms with Crippen LogP contribution in [-0.2, 0) is 14.2 Å². The number of ether oxygens (including phenoxy) is 2. The predicted molar refractivity (Wildman–Crippen MR) is 128 cm³/mol. The van der Waals surface area contributed by atoms with Gasteiger partial charge in [-0.1, -0.05) is 23.5 Å². The van der Waals surface area contributed by atoms with Gasteiger partial charge in [0.1, 0.15) is 5.76 Å². The number of aromatic nitrogens is 1. The van der Waals surface area contributed by atoms with Gasteiger partial charge in [0.2, 0.25) is 11.4 Å². The van der Waals surface area contributed by atoms with E-state index >= 15 is 0 Å². The van der Waals surface area contributed by atoms with Crippen LogP contribution in [0.25, 0.3) is 32.7 Å². The monoisotopic (exact) mass is 528 g/mol. The van der Waals surface area contributed by atoms with Crippen LogP contribution < -0.4 is 20.3 Å². The Morgan fingerprint density at radius 2 is 1.89 bits per heavy atom. The number of carboxylic acids is 1. The van der Waals surface area contributed by atoms with Crippen molar-refractivity contribution in [1.29, 1.82) is 0 Å². The van der Waals surface area contributed by atoms with E-state index in [0.717, 1.165) is 29.2 Å². The van der Waals surface area contributed by atoms with Gasteiger partial charge in [-0.05, 0) is 48.7 Å². The van der Waals surface area contributed by atoms with E-state index < -0.39 is 25.4 Å². The Balaban J connectivity index is 1.47. The highest BCUT2D eigenvalue weighted by Gasteiger charge is 2.35. The highest BCUT2D eigenvalue weighted by molar-refractivity contribution is 7.59. The molecule has 36 heavy (non-hydrogen) atoms. The van der Waals surface area contributed by atoms with Crippen LogP contribution in [-0.4, -0.2) is 38.0 Å². The average molecular weight is 528 g/mol. The molecule has 1 fully saturated rings. The number of carbonyl (C=O) groups is 2. The van der Waals surface area contributed by atoms with Crippen molar-refractivity contribution in [3.8, 4) is 33.9 Å². The molecule has 0 spiro atoms. The number of hydrogen-bond donors (Lipinski definition) is 4. The maximum atomic E-state index is 12.2. The SMILES string of the molecule is O=C(Nc1nc2cccc(-c3cc4c(c(-c5ccc(P(=O)(O)O)o5)c3)OC(C(=O)O)O4)c2s1)C1CC1. The number of carboxylic acid groups (broad SMARTS) is 1. The van der Waals surface area contributed by atoms with Crippen LogP contribution in [0.4, 0.5) is 5.13 Å². The molecule has 3 heterocycles. The zero-order valence-electron chi connectivity index (χ0n) is 18.2. The van der Waals surface area contributed by atoms with Crippen LogP contribution in [0.3, 0.4) is 0 Å². The molecule has 4 aromatic rings. The molecule has 0 radical (unpaired) electrons. The van der Waals surface area contributed by atoms with Crippen molar-refractivity contribution >= 4 is 51.7 Å². The number of thiazole rings is 1. The van der Waals surface area contributed by atoms with Crippen LogP contribution in [0.2, 0.25) is 0 Å². The summed E-state index contributed by atoms with van der Waals surface area (Å²) >= 11 is 1.30. The molecule has 0 bridgehead atoms. The zero-order chi connectivity index (χ0) is 25.2. The molecule has 2 aliphatic rings. The smallest absolute Gasteiger partial charge is 0.391 e. The van der Waals surface area contributed by atoms with E-state index in [9.17, 15) is 29.0 Å². The van der Waals surface area contributed by atoms with Crippen molar-refractivity contribution in [3.05, 3.63) is 42.5 Å². The van der Waals surface area contributed by atoms with E-state index in [2.05, 4.69) is 10.3 Å². The molecule has 13 heteroatoms. The van der Waals surface area contributed by atoms with E-state index in [1.165, 1.54) is 17.4 Å². The normalized spacial score (nSPS) is 16.9. The number of aliphatic carboxylic acids is 1. The summed E-state index contributed by atoms with van der Waals surface area (Å²) in [4.78, 5) is 47.1. The number of anilines is 1. The Bertz CT molecular complexity index is 1600. The maximum absolute atomic E-state index is 12.2. The summed E-state index contributed by atoms with van der Waals surface area (Å²) in [7, 11) is -4.65. The largest absolute Gasteiger partial charge is 0.476 e. The molecule has 1 amide bonds. The van der Waals surface area contributed by atoms with Crippen LogP contribution in [0.1, 0.15) is 12.8 Å². The predicted octanol–water partition coefficient (Wildman–Crippen LogP) is 3.56. The van der Waals surface area contributed by atoms with Crippen molar-refractivity contribution in [2.45, 2.75) is 19.1 Å².